The Balaban J connectivity index is 1.86. The third kappa shape index (κ3) is 3.58. The van der Waals surface area contributed by atoms with Crippen LogP contribution in [-0.4, -0.2) is 19.9 Å². The van der Waals surface area contributed by atoms with Crippen molar-refractivity contribution in [1.29, 1.82) is 0 Å². The standard InChI is InChI=1S/C14H11Cl2N7/c15-8-3-4-10(19-6-8)23-14-11(17)13(20-7-21-14)22-9-2-1-5-18-12(9)16/h1-7H,17H2,(H2,19,20,21,22,23). The summed E-state index contributed by atoms with van der Waals surface area (Å²) in [7, 11) is 0. The number of pyridine rings is 2. The fraction of sp³-hybridized carbons (Fsp3) is 0. The van der Waals surface area contributed by atoms with Gasteiger partial charge in [0.1, 0.15) is 17.8 Å². The highest BCUT2D eigenvalue weighted by molar-refractivity contribution is 6.32. The SMILES string of the molecule is Nc1c(Nc2ccc(Cl)cn2)ncnc1Nc1cccnc1Cl. The second kappa shape index (κ2) is 6.64. The van der Waals surface area contributed by atoms with E-state index in [-0.39, 0.29) is 0 Å². The first-order chi connectivity index (χ1) is 11.1. The number of nitrogens with two attached hydrogens (primary N) is 1. The summed E-state index contributed by atoms with van der Waals surface area (Å²) in [5.41, 5.74) is 7.01. The molecule has 4 N–H and O–H groups in total. The molecule has 0 amide bonds. The molecule has 3 rings (SSSR count). The molecule has 0 atom stereocenters. The topological polar surface area (TPSA) is 102 Å². The molecule has 0 spiro atoms. The number of nitrogen functional groups attached to an aromatic ring is 1. The zero-order valence-corrected chi connectivity index (χ0v) is 13.2. The van der Waals surface area contributed by atoms with Gasteiger partial charge in [-0.05, 0) is 24.3 Å². The number of hydrogen-bond acceptors (Lipinski definition) is 7. The van der Waals surface area contributed by atoms with E-state index in [1.807, 2.05) is 0 Å². The first kappa shape index (κ1) is 15.3. The van der Waals surface area contributed by atoms with Gasteiger partial charge in [0.25, 0.3) is 0 Å². The van der Waals surface area contributed by atoms with Crippen LogP contribution in [0.1, 0.15) is 0 Å². The van der Waals surface area contributed by atoms with Crippen molar-refractivity contribution >= 4 is 52.0 Å². The Kier molecular flexibility index (Phi) is 4.40. The van der Waals surface area contributed by atoms with Crippen molar-refractivity contribution in [2.45, 2.75) is 0 Å². The van der Waals surface area contributed by atoms with Crippen molar-refractivity contribution in [3.63, 3.8) is 0 Å². The van der Waals surface area contributed by atoms with E-state index in [1.165, 1.54) is 12.5 Å². The van der Waals surface area contributed by atoms with Crippen LogP contribution in [0.15, 0.2) is 43.0 Å². The maximum absolute atomic E-state index is 6.09. The van der Waals surface area contributed by atoms with E-state index in [0.29, 0.717) is 39.0 Å². The normalized spacial score (nSPS) is 10.3. The van der Waals surface area contributed by atoms with E-state index in [4.69, 9.17) is 28.9 Å². The summed E-state index contributed by atoms with van der Waals surface area (Å²) in [6.45, 7) is 0. The zero-order chi connectivity index (χ0) is 16.2. The van der Waals surface area contributed by atoms with E-state index >= 15 is 0 Å². The Labute approximate surface area is 141 Å². The molecular formula is C14H11Cl2N7. The van der Waals surface area contributed by atoms with Gasteiger partial charge >= 0.3 is 0 Å². The Morgan fingerprint density at radius 2 is 1.70 bits per heavy atom. The quantitative estimate of drug-likeness (QED) is 0.619. The number of rotatable bonds is 4. The molecule has 0 aliphatic rings. The number of halogens is 2. The first-order valence-corrected chi connectivity index (χ1v) is 7.25. The van der Waals surface area contributed by atoms with Gasteiger partial charge in [0.15, 0.2) is 16.8 Å². The molecule has 0 bridgehead atoms. The monoisotopic (exact) mass is 347 g/mol. The Bertz CT molecular complexity index is 824. The molecule has 0 aliphatic heterocycles. The molecule has 116 valence electrons. The molecule has 0 aromatic carbocycles. The molecule has 0 saturated heterocycles. The number of anilines is 5. The van der Waals surface area contributed by atoms with Crippen molar-refractivity contribution in [2.75, 3.05) is 16.4 Å². The van der Waals surface area contributed by atoms with Gasteiger partial charge in [0, 0.05) is 12.4 Å². The summed E-state index contributed by atoms with van der Waals surface area (Å²) in [4.78, 5) is 16.3. The molecule has 23 heavy (non-hydrogen) atoms. The van der Waals surface area contributed by atoms with Gasteiger partial charge in [0.05, 0.1) is 10.7 Å². The molecule has 0 fully saturated rings. The number of nitrogens with zero attached hydrogens (tertiary/aromatic N) is 4. The summed E-state index contributed by atoms with van der Waals surface area (Å²) >= 11 is 11.8. The van der Waals surface area contributed by atoms with E-state index in [2.05, 4.69) is 30.6 Å². The van der Waals surface area contributed by atoms with Gasteiger partial charge < -0.3 is 16.4 Å². The second-order valence-corrected chi connectivity index (χ2v) is 5.23. The molecule has 0 saturated carbocycles. The average molecular weight is 348 g/mol. The third-order valence-electron chi connectivity index (χ3n) is 2.87. The van der Waals surface area contributed by atoms with Gasteiger partial charge in [-0.3, -0.25) is 0 Å². The van der Waals surface area contributed by atoms with Crippen LogP contribution in [0.2, 0.25) is 10.2 Å². The van der Waals surface area contributed by atoms with Gasteiger partial charge in [-0.1, -0.05) is 23.2 Å². The average Bonchev–Trinajstić information content (AvgIpc) is 2.55. The predicted octanol–water partition coefficient (Wildman–Crippen LogP) is 3.64. The van der Waals surface area contributed by atoms with E-state index in [0.717, 1.165) is 0 Å². The fourth-order valence-corrected chi connectivity index (χ4v) is 2.05. The van der Waals surface area contributed by atoms with Crippen molar-refractivity contribution in [3.05, 3.63) is 53.2 Å². The van der Waals surface area contributed by atoms with Crippen LogP contribution < -0.4 is 16.4 Å². The molecular weight excluding hydrogens is 337 g/mol. The molecule has 3 aromatic heterocycles. The lowest BCUT2D eigenvalue weighted by molar-refractivity contribution is 1.16. The lowest BCUT2D eigenvalue weighted by atomic mass is 10.3. The maximum atomic E-state index is 6.09. The van der Waals surface area contributed by atoms with Crippen molar-refractivity contribution in [1.82, 2.24) is 19.9 Å². The van der Waals surface area contributed by atoms with Gasteiger partial charge in [-0.25, -0.2) is 19.9 Å². The van der Waals surface area contributed by atoms with Gasteiger partial charge in [0.2, 0.25) is 0 Å². The van der Waals surface area contributed by atoms with Crippen LogP contribution in [-0.2, 0) is 0 Å². The zero-order valence-electron chi connectivity index (χ0n) is 11.7. The minimum absolute atomic E-state index is 0.319. The summed E-state index contributed by atoms with van der Waals surface area (Å²) in [6.07, 6.45) is 4.49. The van der Waals surface area contributed by atoms with Crippen LogP contribution in [0.25, 0.3) is 0 Å². The first-order valence-electron chi connectivity index (χ1n) is 6.50. The summed E-state index contributed by atoms with van der Waals surface area (Å²) in [6, 6.07) is 6.95. The summed E-state index contributed by atoms with van der Waals surface area (Å²) < 4.78 is 0. The van der Waals surface area contributed by atoms with Crippen molar-refractivity contribution in [3.8, 4) is 0 Å². The fourth-order valence-electron chi connectivity index (χ4n) is 1.77. The van der Waals surface area contributed by atoms with Crippen molar-refractivity contribution in [2.24, 2.45) is 0 Å². The van der Waals surface area contributed by atoms with E-state index < -0.39 is 0 Å². The molecule has 0 unspecified atom stereocenters. The van der Waals surface area contributed by atoms with Crippen LogP contribution in [0.5, 0.6) is 0 Å². The largest absolute Gasteiger partial charge is 0.393 e. The van der Waals surface area contributed by atoms with Crippen LogP contribution >= 0.6 is 23.2 Å². The minimum atomic E-state index is 0.319. The number of nitrogens with one attached hydrogen (secondary N) is 2. The Hall–Kier alpha value is -2.64. The Morgan fingerprint density at radius 3 is 2.39 bits per heavy atom. The molecule has 3 heterocycles. The lowest BCUT2D eigenvalue weighted by Gasteiger charge is -2.12. The van der Waals surface area contributed by atoms with Crippen LogP contribution in [0.4, 0.5) is 28.8 Å². The highest BCUT2D eigenvalue weighted by atomic mass is 35.5. The van der Waals surface area contributed by atoms with Gasteiger partial charge in [-0.2, -0.15) is 0 Å². The summed E-state index contributed by atoms with van der Waals surface area (Å²) in [5.74, 6) is 1.38. The minimum Gasteiger partial charge on any atom is -0.393 e. The van der Waals surface area contributed by atoms with E-state index in [9.17, 15) is 0 Å². The smallest absolute Gasteiger partial charge is 0.160 e. The Morgan fingerprint density at radius 1 is 0.913 bits per heavy atom. The summed E-state index contributed by atoms with van der Waals surface area (Å²) in [5, 5.41) is 6.89. The van der Waals surface area contributed by atoms with Crippen molar-refractivity contribution < 1.29 is 0 Å². The highest BCUT2D eigenvalue weighted by Gasteiger charge is 2.10. The molecule has 9 heteroatoms. The van der Waals surface area contributed by atoms with E-state index in [1.54, 1.807) is 30.5 Å². The molecule has 3 aromatic rings. The maximum Gasteiger partial charge on any atom is 0.160 e. The molecule has 7 nitrogen and oxygen atoms in total. The highest BCUT2D eigenvalue weighted by Crippen LogP contribution is 2.29. The molecule has 0 radical (unpaired) electrons. The number of hydrogen-bond donors (Lipinski definition) is 3. The van der Waals surface area contributed by atoms with Gasteiger partial charge in [-0.15, -0.1) is 0 Å². The molecule has 0 aliphatic carbocycles. The van der Waals surface area contributed by atoms with Crippen LogP contribution in [0.3, 0.4) is 0 Å². The third-order valence-corrected chi connectivity index (χ3v) is 3.39. The lowest BCUT2D eigenvalue weighted by Crippen LogP contribution is -2.06. The van der Waals surface area contributed by atoms with Crippen LogP contribution in [0, 0.1) is 0 Å². The second-order valence-electron chi connectivity index (χ2n) is 4.44. The number of aromatic nitrogens is 4. The predicted molar refractivity (Wildman–Crippen MR) is 91.5 cm³/mol.